The zero-order valence-corrected chi connectivity index (χ0v) is 11.3. The molecule has 2 atom stereocenters. The van der Waals surface area contributed by atoms with Gasteiger partial charge in [-0.1, -0.05) is 20.3 Å². The number of aliphatic hydroxyl groups is 1. The van der Waals surface area contributed by atoms with E-state index < -0.39 is 0 Å². The average molecular weight is 255 g/mol. The van der Waals surface area contributed by atoms with Crippen molar-refractivity contribution >= 4 is 16.7 Å². The van der Waals surface area contributed by atoms with Crippen LogP contribution >= 0.6 is 11.5 Å². The maximum absolute atomic E-state index is 9.72. The molecule has 2 unspecified atom stereocenters. The fourth-order valence-electron chi connectivity index (χ4n) is 2.25. The molecule has 0 radical (unpaired) electrons. The molecular weight excluding hydrogens is 234 g/mol. The summed E-state index contributed by atoms with van der Waals surface area (Å²) in [6.07, 6.45) is 4.00. The summed E-state index contributed by atoms with van der Waals surface area (Å²) in [5.74, 6) is 1.90. The molecule has 1 saturated carbocycles. The minimum atomic E-state index is -0.134. The van der Waals surface area contributed by atoms with Crippen molar-refractivity contribution in [1.82, 2.24) is 9.36 Å². The quantitative estimate of drug-likeness (QED) is 0.847. The zero-order valence-electron chi connectivity index (χ0n) is 10.5. The van der Waals surface area contributed by atoms with Gasteiger partial charge in [-0.15, -0.1) is 0 Å². The smallest absolute Gasteiger partial charge is 0.202 e. The van der Waals surface area contributed by atoms with E-state index in [0.29, 0.717) is 11.8 Å². The number of aromatic nitrogens is 2. The maximum atomic E-state index is 9.72. The lowest BCUT2D eigenvalue weighted by Crippen LogP contribution is -2.21. The predicted octanol–water partition coefficient (Wildman–Crippen LogP) is 2.31. The van der Waals surface area contributed by atoms with Gasteiger partial charge in [0.15, 0.2) is 0 Å². The highest BCUT2D eigenvalue weighted by atomic mass is 32.1. The van der Waals surface area contributed by atoms with Crippen molar-refractivity contribution in [2.75, 3.05) is 11.9 Å². The summed E-state index contributed by atoms with van der Waals surface area (Å²) in [5.41, 5.74) is 0. The molecular formula is C12H21N3OS. The van der Waals surface area contributed by atoms with Crippen LogP contribution in [0.3, 0.4) is 0 Å². The molecule has 0 spiro atoms. The fourth-order valence-corrected chi connectivity index (χ4v) is 2.85. The van der Waals surface area contributed by atoms with Crippen LogP contribution in [0.15, 0.2) is 0 Å². The van der Waals surface area contributed by atoms with Crippen LogP contribution in [0, 0.1) is 11.8 Å². The molecule has 2 rings (SSSR count). The van der Waals surface area contributed by atoms with Crippen molar-refractivity contribution in [2.24, 2.45) is 11.8 Å². The number of hydrogen-bond acceptors (Lipinski definition) is 5. The van der Waals surface area contributed by atoms with Gasteiger partial charge in [0, 0.05) is 30.4 Å². The molecule has 96 valence electrons. The molecule has 1 aliphatic carbocycles. The van der Waals surface area contributed by atoms with Crippen LogP contribution in [0.2, 0.25) is 0 Å². The molecule has 0 aromatic carbocycles. The van der Waals surface area contributed by atoms with Gasteiger partial charge in [0.2, 0.25) is 5.13 Å². The third kappa shape index (κ3) is 3.64. The summed E-state index contributed by atoms with van der Waals surface area (Å²) in [6, 6.07) is 0. The topological polar surface area (TPSA) is 58.0 Å². The Labute approximate surface area is 107 Å². The first-order chi connectivity index (χ1) is 8.15. The summed E-state index contributed by atoms with van der Waals surface area (Å²) in [6.45, 7) is 5.16. The minimum absolute atomic E-state index is 0.134. The Morgan fingerprint density at radius 1 is 1.47 bits per heavy atom. The van der Waals surface area contributed by atoms with Crippen LogP contribution in [0.5, 0.6) is 0 Å². The third-order valence-electron chi connectivity index (χ3n) is 3.19. The van der Waals surface area contributed by atoms with E-state index in [1.54, 1.807) is 0 Å². The average Bonchev–Trinajstić information content (AvgIpc) is 2.84. The minimum Gasteiger partial charge on any atom is -0.393 e. The van der Waals surface area contributed by atoms with Crippen molar-refractivity contribution in [1.29, 1.82) is 0 Å². The molecule has 1 aromatic heterocycles. The molecule has 5 heteroatoms. The number of rotatable bonds is 5. The van der Waals surface area contributed by atoms with Gasteiger partial charge < -0.3 is 10.4 Å². The molecule has 1 aliphatic rings. The highest BCUT2D eigenvalue weighted by Crippen LogP contribution is 2.26. The van der Waals surface area contributed by atoms with Gasteiger partial charge in [-0.25, -0.2) is 4.98 Å². The van der Waals surface area contributed by atoms with E-state index in [1.165, 1.54) is 11.5 Å². The molecule has 1 fully saturated rings. The highest BCUT2D eigenvalue weighted by Gasteiger charge is 2.24. The van der Waals surface area contributed by atoms with Gasteiger partial charge >= 0.3 is 0 Å². The lowest BCUT2D eigenvalue weighted by molar-refractivity contribution is 0.138. The second kappa shape index (κ2) is 5.78. The fraction of sp³-hybridized carbons (Fsp3) is 0.833. The zero-order chi connectivity index (χ0) is 12.3. The number of nitrogens with one attached hydrogen (secondary N) is 1. The van der Waals surface area contributed by atoms with Crippen LogP contribution in [-0.2, 0) is 6.42 Å². The molecule has 17 heavy (non-hydrogen) atoms. The van der Waals surface area contributed by atoms with E-state index in [2.05, 4.69) is 28.5 Å². The molecule has 4 nitrogen and oxygen atoms in total. The first kappa shape index (κ1) is 12.8. The molecule has 0 aliphatic heterocycles. The molecule has 0 amide bonds. The number of aliphatic hydroxyl groups excluding tert-OH is 1. The van der Waals surface area contributed by atoms with Crippen LogP contribution in [-0.4, -0.2) is 27.1 Å². The Morgan fingerprint density at radius 3 is 2.94 bits per heavy atom. The van der Waals surface area contributed by atoms with Crippen LogP contribution in [0.25, 0.3) is 0 Å². The van der Waals surface area contributed by atoms with E-state index >= 15 is 0 Å². The Kier molecular flexibility index (Phi) is 4.34. The lowest BCUT2D eigenvalue weighted by atomic mass is 10.1. The van der Waals surface area contributed by atoms with E-state index in [0.717, 1.165) is 43.2 Å². The van der Waals surface area contributed by atoms with Gasteiger partial charge in [0.1, 0.15) is 5.82 Å². The monoisotopic (exact) mass is 255 g/mol. The number of nitrogens with zero attached hydrogens (tertiary/aromatic N) is 2. The SMILES string of the molecule is CC(C)Cc1nsc(NCC2CCCC2O)n1. The highest BCUT2D eigenvalue weighted by molar-refractivity contribution is 7.09. The van der Waals surface area contributed by atoms with Crippen molar-refractivity contribution in [3.8, 4) is 0 Å². The Bertz CT molecular complexity index is 353. The van der Waals surface area contributed by atoms with Crippen molar-refractivity contribution < 1.29 is 5.11 Å². The van der Waals surface area contributed by atoms with Gasteiger partial charge in [-0.05, 0) is 18.8 Å². The van der Waals surface area contributed by atoms with Crippen molar-refractivity contribution in [3.05, 3.63) is 5.82 Å². The van der Waals surface area contributed by atoms with Crippen LogP contribution < -0.4 is 5.32 Å². The van der Waals surface area contributed by atoms with Crippen LogP contribution in [0.4, 0.5) is 5.13 Å². The molecule has 0 saturated heterocycles. The summed E-state index contributed by atoms with van der Waals surface area (Å²) in [4.78, 5) is 4.45. The summed E-state index contributed by atoms with van der Waals surface area (Å²) < 4.78 is 4.33. The predicted molar refractivity (Wildman–Crippen MR) is 70.3 cm³/mol. The first-order valence-electron chi connectivity index (χ1n) is 6.39. The van der Waals surface area contributed by atoms with Gasteiger partial charge in [-0.3, -0.25) is 0 Å². The molecule has 2 N–H and O–H groups in total. The van der Waals surface area contributed by atoms with Gasteiger partial charge in [0.05, 0.1) is 6.10 Å². The Balaban J connectivity index is 1.80. The van der Waals surface area contributed by atoms with Gasteiger partial charge in [0.25, 0.3) is 0 Å². The van der Waals surface area contributed by atoms with Crippen LogP contribution in [0.1, 0.15) is 38.9 Å². The van der Waals surface area contributed by atoms with E-state index in [1.807, 2.05) is 0 Å². The second-order valence-electron chi connectivity index (χ2n) is 5.25. The lowest BCUT2D eigenvalue weighted by Gasteiger charge is -2.13. The largest absolute Gasteiger partial charge is 0.393 e. The molecule has 1 heterocycles. The van der Waals surface area contributed by atoms with E-state index in [4.69, 9.17) is 0 Å². The summed E-state index contributed by atoms with van der Waals surface area (Å²) >= 11 is 1.42. The van der Waals surface area contributed by atoms with E-state index in [9.17, 15) is 5.11 Å². The third-order valence-corrected chi connectivity index (χ3v) is 3.90. The molecule has 1 aromatic rings. The standard InChI is InChI=1S/C12H21N3OS/c1-8(2)6-11-14-12(17-15-11)13-7-9-4-3-5-10(9)16/h8-10,16H,3-7H2,1-2H3,(H,13,14,15). The Morgan fingerprint density at radius 2 is 2.29 bits per heavy atom. The second-order valence-corrected chi connectivity index (χ2v) is 6.00. The summed E-state index contributed by atoms with van der Waals surface area (Å²) in [7, 11) is 0. The summed E-state index contributed by atoms with van der Waals surface area (Å²) in [5, 5.41) is 13.9. The molecule has 0 bridgehead atoms. The van der Waals surface area contributed by atoms with E-state index in [-0.39, 0.29) is 6.10 Å². The Hall–Kier alpha value is -0.680. The number of anilines is 1. The van der Waals surface area contributed by atoms with Crippen molar-refractivity contribution in [3.63, 3.8) is 0 Å². The first-order valence-corrected chi connectivity index (χ1v) is 7.17. The van der Waals surface area contributed by atoms with Crippen molar-refractivity contribution in [2.45, 2.75) is 45.6 Å². The van der Waals surface area contributed by atoms with Gasteiger partial charge in [-0.2, -0.15) is 4.37 Å². The maximum Gasteiger partial charge on any atom is 0.202 e. The number of hydrogen-bond donors (Lipinski definition) is 2. The normalized spacial score (nSPS) is 24.5.